The Hall–Kier alpha value is -1.23. The molecule has 14 heavy (non-hydrogen) atoms. The Balaban J connectivity index is 2.25. The molecule has 2 rings (SSSR count). The van der Waals surface area contributed by atoms with Gasteiger partial charge < -0.3 is 15.7 Å². The van der Waals surface area contributed by atoms with Crippen LogP contribution in [0.5, 0.6) is 0 Å². The second kappa shape index (κ2) is 3.49. The van der Waals surface area contributed by atoms with Gasteiger partial charge in [-0.3, -0.25) is 4.68 Å². The normalized spacial score (nSPS) is 21.9. The van der Waals surface area contributed by atoms with Crippen molar-refractivity contribution in [1.82, 2.24) is 9.78 Å². The number of anilines is 2. The zero-order valence-corrected chi connectivity index (χ0v) is 8.35. The van der Waals surface area contributed by atoms with Gasteiger partial charge in [-0.05, 0) is 12.8 Å². The Labute approximate surface area is 83.1 Å². The van der Waals surface area contributed by atoms with Crippen molar-refractivity contribution >= 4 is 11.5 Å². The molecule has 5 heteroatoms. The van der Waals surface area contributed by atoms with E-state index in [1.165, 1.54) is 0 Å². The summed E-state index contributed by atoms with van der Waals surface area (Å²) in [5.41, 5.74) is 6.52. The number of nitrogen functional groups attached to an aromatic ring is 1. The fraction of sp³-hybridized carbons (Fsp3) is 0.667. The van der Waals surface area contributed by atoms with Gasteiger partial charge in [-0.1, -0.05) is 0 Å². The van der Waals surface area contributed by atoms with Gasteiger partial charge in [0.15, 0.2) is 5.82 Å². The van der Waals surface area contributed by atoms with Crippen molar-refractivity contribution in [3.63, 3.8) is 0 Å². The van der Waals surface area contributed by atoms with Crippen LogP contribution in [-0.2, 0) is 7.05 Å². The van der Waals surface area contributed by atoms with Crippen LogP contribution in [0.4, 0.5) is 11.5 Å². The molecule has 1 aromatic heterocycles. The summed E-state index contributed by atoms with van der Waals surface area (Å²) in [6.07, 6.45) is 3.91. The van der Waals surface area contributed by atoms with Crippen LogP contribution in [0.3, 0.4) is 0 Å². The molecule has 1 aliphatic rings. The van der Waals surface area contributed by atoms with Crippen LogP contribution in [0, 0.1) is 0 Å². The van der Waals surface area contributed by atoms with E-state index in [9.17, 15) is 5.11 Å². The lowest BCUT2D eigenvalue weighted by atomic mass is 10.2. The van der Waals surface area contributed by atoms with Crippen LogP contribution < -0.4 is 10.6 Å². The van der Waals surface area contributed by atoms with E-state index in [2.05, 4.69) is 10.00 Å². The predicted molar refractivity (Wildman–Crippen MR) is 55.1 cm³/mol. The lowest BCUT2D eigenvalue weighted by Gasteiger charge is -2.22. The molecular weight excluding hydrogens is 180 g/mol. The van der Waals surface area contributed by atoms with E-state index in [-0.39, 0.29) is 12.6 Å². The van der Waals surface area contributed by atoms with E-state index >= 15 is 0 Å². The Kier molecular flexibility index (Phi) is 2.33. The topological polar surface area (TPSA) is 67.3 Å². The van der Waals surface area contributed by atoms with Gasteiger partial charge in [0.2, 0.25) is 0 Å². The van der Waals surface area contributed by atoms with Crippen LogP contribution in [0.1, 0.15) is 12.8 Å². The summed E-state index contributed by atoms with van der Waals surface area (Å²) < 4.78 is 1.71. The molecule has 0 aromatic carbocycles. The lowest BCUT2D eigenvalue weighted by Crippen LogP contribution is -2.32. The maximum absolute atomic E-state index is 9.18. The third-order valence-electron chi connectivity index (χ3n) is 2.70. The molecule has 0 amide bonds. The predicted octanol–water partition coefficient (Wildman–Crippen LogP) is -0.0366. The van der Waals surface area contributed by atoms with Gasteiger partial charge in [-0.25, -0.2) is 0 Å². The molecule has 1 atom stereocenters. The van der Waals surface area contributed by atoms with Gasteiger partial charge in [0, 0.05) is 19.8 Å². The van der Waals surface area contributed by atoms with Crippen molar-refractivity contribution in [3.8, 4) is 0 Å². The standard InChI is InChI=1S/C9H16N4O/c1-12-5-8(10)9(11-12)13-4-2-3-7(13)6-14/h5,7,14H,2-4,6,10H2,1H3. The molecule has 0 aliphatic carbocycles. The third-order valence-corrected chi connectivity index (χ3v) is 2.70. The van der Waals surface area contributed by atoms with E-state index in [0.717, 1.165) is 25.2 Å². The summed E-state index contributed by atoms with van der Waals surface area (Å²) in [6.45, 7) is 1.11. The molecule has 5 nitrogen and oxygen atoms in total. The van der Waals surface area contributed by atoms with E-state index in [1.54, 1.807) is 10.9 Å². The van der Waals surface area contributed by atoms with Gasteiger partial charge >= 0.3 is 0 Å². The SMILES string of the molecule is Cn1cc(N)c(N2CCCC2CO)n1. The smallest absolute Gasteiger partial charge is 0.174 e. The van der Waals surface area contributed by atoms with Crippen LogP contribution in [-0.4, -0.2) is 34.1 Å². The van der Waals surface area contributed by atoms with E-state index in [4.69, 9.17) is 5.73 Å². The average Bonchev–Trinajstić information content (AvgIpc) is 2.71. The van der Waals surface area contributed by atoms with Crippen LogP contribution in [0.15, 0.2) is 6.20 Å². The van der Waals surface area contributed by atoms with Crippen molar-refractivity contribution in [2.24, 2.45) is 7.05 Å². The van der Waals surface area contributed by atoms with Gasteiger partial charge in [0.1, 0.15) is 0 Å². The number of rotatable bonds is 2. The molecule has 1 aromatic rings. The summed E-state index contributed by atoms with van der Waals surface area (Å²) in [7, 11) is 1.85. The number of aliphatic hydroxyl groups excluding tert-OH is 1. The average molecular weight is 196 g/mol. The molecular formula is C9H16N4O. The van der Waals surface area contributed by atoms with Gasteiger partial charge in [-0.2, -0.15) is 5.10 Å². The van der Waals surface area contributed by atoms with Crippen molar-refractivity contribution in [1.29, 1.82) is 0 Å². The lowest BCUT2D eigenvalue weighted by molar-refractivity contribution is 0.266. The molecule has 1 aliphatic heterocycles. The number of hydrogen-bond acceptors (Lipinski definition) is 4. The molecule has 0 radical (unpaired) electrons. The molecule has 1 saturated heterocycles. The maximum Gasteiger partial charge on any atom is 0.174 e. The molecule has 78 valence electrons. The zero-order chi connectivity index (χ0) is 10.1. The molecule has 1 fully saturated rings. The fourth-order valence-corrected chi connectivity index (χ4v) is 2.02. The highest BCUT2D eigenvalue weighted by Crippen LogP contribution is 2.28. The fourth-order valence-electron chi connectivity index (χ4n) is 2.02. The van der Waals surface area contributed by atoms with Crippen molar-refractivity contribution < 1.29 is 5.11 Å². The molecule has 2 heterocycles. The Morgan fingerprint density at radius 2 is 2.50 bits per heavy atom. The van der Waals surface area contributed by atoms with E-state index in [1.807, 2.05) is 7.05 Å². The molecule has 1 unspecified atom stereocenters. The zero-order valence-electron chi connectivity index (χ0n) is 8.35. The van der Waals surface area contributed by atoms with Crippen LogP contribution >= 0.6 is 0 Å². The molecule has 0 bridgehead atoms. The second-order valence-electron chi connectivity index (χ2n) is 3.75. The summed E-state index contributed by atoms with van der Waals surface area (Å²) in [5.74, 6) is 0.809. The number of nitrogens with zero attached hydrogens (tertiary/aromatic N) is 3. The Morgan fingerprint density at radius 3 is 3.07 bits per heavy atom. The number of hydrogen-bond donors (Lipinski definition) is 2. The van der Waals surface area contributed by atoms with Crippen molar-refractivity contribution in [3.05, 3.63) is 6.20 Å². The number of aromatic nitrogens is 2. The first-order valence-corrected chi connectivity index (χ1v) is 4.89. The Morgan fingerprint density at radius 1 is 1.71 bits per heavy atom. The minimum Gasteiger partial charge on any atom is -0.394 e. The molecule has 0 saturated carbocycles. The molecule has 0 spiro atoms. The van der Waals surface area contributed by atoms with Crippen molar-refractivity contribution in [2.45, 2.75) is 18.9 Å². The highest BCUT2D eigenvalue weighted by Gasteiger charge is 2.27. The summed E-state index contributed by atoms with van der Waals surface area (Å²) in [5, 5.41) is 13.5. The summed E-state index contributed by atoms with van der Waals surface area (Å²) in [4.78, 5) is 2.09. The molecule has 3 N–H and O–H groups in total. The minimum absolute atomic E-state index is 0.177. The maximum atomic E-state index is 9.18. The van der Waals surface area contributed by atoms with E-state index < -0.39 is 0 Å². The van der Waals surface area contributed by atoms with Gasteiger partial charge in [-0.15, -0.1) is 0 Å². The first kappa shape index (κ1) is 9.33. The minimum atomic E-state index is 0.177. The number of aryl methyl sites for hydroxylation is 1. The third kappa shape index (κ3) is 1.43. The van der Waals surface area contributed by atoms with E-state index in [0.29, 0.717) is 5.69 Å². The number of aliphatic hydroxyl groups is 1. The largest absolute Gasteiger partial charge is 0.394 e. The number of nitrogens with two attached hydrogens (primary N) is 1. The highest BCUT2D eigenvalue weighted by atomic mass is 16.3. The van der Waals surface area contributed by atoms with Crippen LogP contribution in [0.25, 0.3) is 0 Å². The highest BCUT2D eigenvalue weighted by molar-refractivity contribution is 5.62. The summed E-state index contributed by atoms with van der Waals surface area (Å²) in [6, 6.07) is 0.187. The monoisotopic (exact) mass is 196 g/mol. The second-order valence-corrected chi connectivity index (χ2v) is 3.75. The first-order chi connectivity index (χ1) is 6.72. The first-order valence-electron chi connectivity index (χ1n) is 4.89. The van der Waals surface area contributed by atoms with Crippen LogP contribution in [0.2, 0.25) is 0 Å². The summed E-state index contributed by atoms with van der Waals surface area (Å²) >= 11 is 0. The Bertz CT molecular complexity index is 323. The van der Waals surface area contributed by atoms with Gasteiger partial charge in [0.05, 0.1) is 18.3 Å². The van der Waals surface area contributed by atoms with Gasteiger partial charge in [0.25, 0.3) is 0 Å². The quantitative estimate of drug-likeness (QED) is 0.696. The van der Waals surface area contributed by atoms with Crippen molar-refractivity contribution in [2.75, 3.05) is 23.8 Å².